The van der Waals surface area contributed by atoms with Crippen molar-refractivity contribution in [3.8, 4) is 0 Å². The van der Waals surface area contributed by atoms with Crippen molar-refractivity contribution in [2.75, 3.05) is 0 Å². The standard InChI is InChI=1S/C12H14N2OS2/c1-9(2)14(6-10-4-3-5-17-10)12(15)11-7-16-8-13-11/h3-5,7-9H,6H2,1-2H3. The average Bonchev–Trinajstić information content (AvgIpc) is 2.97. The van der Waals surface area contributed by atoms with Crippen LogP contribution in [0.1, 0.15) is 29.2 Å². The van der Waals surface area contributed by atoms with Crippen LogP contribution in [0.15, 0.2) is 28.4 Å². The lowest BCUT2D eigenvalue weighted by atomic mass is 10.2. The molecule has 0 unspecified atom stereocenters. The highest BCUT2D eigenvalue weighted by molar-refractivity contribution is 7.09. The first kappa shape index (κ1) is 12.3. The van der Waals surface area contributed by atoms with E-state index in [0.717, 1.165) is 0 Å². The summed E-state index contributed by atoms with van der Waals surface area (Å²) in [5, 5.41) is 3.83. The third-order valence-corrected chi connectivity index (χ3v) is 3.89. The molecule has 90 valence electrons. The number of thiazole rings is 1. The lowest BCUT2D eigenvalue weighted by Gasteiger charge is -2.25. The molecule has 0 aromatic carbocycles. The zero-order valence-electron chi connectivity index (χ0n) is 9.79. The Hall–Kier alpha value is -1.20. The van der Waals surface area contributed by atoms with Crippen molar-refractivity contribution in [1.29, 1.82) is 0 Å². The number of hydrogen-bond donors (Lipinski definition) is 0. The van der Waals surface area contributed by atoms with Crippen LogP contribution in [0.25, 0.3) is 0 Å². The van der Waals surface area contributed by atoms with Crippen molar-refractivity contribution in [3.05, 3.63) is 39.0 Å². The number of amides is 1. The number of carbonyl (C=O) groups excluding carboxylic acids is 1. The summed E-state index contributed by atoms with van der Waals surface area (Å²) in [5.41, 5.74) is 2.23. The van der Waals surface area contributed by atoms with Crippen LogP contribution in [0.2, 0.25) is 0 Å². The Bertz CT molecular complexity index is 463. The van der Waals surface area contributed by atoms with Gasteiger partial charge in [0.25, 0.3) is 5.91 Å². The number of nitrogens with zero attached hydrogens (tertiary/aromatic N) is 2. The van der Waals surface area contributed by atoms with E-state index < -0.39 is 0 Å². The maximum atomic E-state index is 12.2. The summed E-state index contributed by atoms with van der Waals surface area (Å²) in [6.07, 6.45) is 0. The SMILES string of the molecule is CC(C)N(Cc1cccs1)C(=O)c1cscn1. The minimum absolute atomic E-state index is 0.00894. The zero-order valence-corrected chi connectivity index (χ0v) is 11.4. The molecule has 0 bridgehead atoms. The van der Waals surface area contributed by atoms with E-state index in [1.165, 1.54) is 16.2 Å². The largest absolute Gasteiger partial charge is 0.330 e. The van der Waals surface area contributed by atoms with E-state index in [1.807, 2.05) is 36.3 Å². The fraction of sp³-hybridized carbons (Fsp3) is 0.333. The Morgan fingerprint density at radius 1 is 1.53 bits per heavy atom. The van der Waals surface area contributed by atoms with E-state index in [-0.39, 0.29) is 11.9 Å². The Kier molecular flexibility index (Phi) is 3.91. The van der Waals surface area contributed by atoms with Crippen LogP contribution < -0.4 is 0 Å². The fourth-order valence-corrected chi connectivity index (χ4v) is 2.75. The van der Waals surface area contributed by atoms with Crippen molar-refractivity contribution in [2.24, 2.45) is 0 Å². The predicted octanol–water partition coefficient (Wildman–Crippen LogP) is 3.26. The molecule has 2 aromatic rings. The highest BCUT2D eigenvalue weighted by atomic mass is 32.1. The second-order valence-electron chi connectivity index (χ2n) is 3.98. The zero-order chi connectivity index (χ0) is 12.3. The van der Waals surface area contributed by atoms with Crippen molar-refractivity contribution >= 4 is 28.6 Å². The number of rotatable bonds is 4. The van der Waals surface area contributed by atoms with Crippen LogP contribution in [-0.2, 0) is 6.54 Å². The molecule has 0 aliphatic heterocycles. The number of carbonyl (C=O) groups is 1. The van der Waals surface area contributed by atoms with Gasteiger partial charge in [-0.1, -0.05) is 6.07 Å². The maximum Gasteiger partial charge on any atom is 0.273 e. The van der Waals surface area contributed by atoms with Gasteiger partial charge in [-0.25, -0.2) is 4.98 Å². The van der Waals surface area contributed by atoms with Gasteiger partial charge in [-0.05, 0) is 25.3 Å². The molecular weight excluding hydrogens is 252 g/mol. The smallest absolute Gasteiger partial charge is 0.273 e. The molecule has 2 heterocycles. The molecule has 0 N–H and O–H groups in total. The number of aromatic nitrogens is 1. The van der Waals surface area contributed by atoms with Crippen molar-refractivity contribution < 1.29 is 4.79 Å². The van der Waals surface area contributed by atoms with Crippen LogP contribution in [-0.4, -0.2) is 21.8 Å². The van der Waals surface area contributed by atoms with Gasteiger partial charge in [-0.2, -0.15) is 0 Å². The van der Waals surface area contributed by atoms with Crippen LogP contribution >= 0.6 is 22.7 Å². The maximum absolute atomic E-state index is 12.2. The minimum atomic E-state index is 0.00894. The van der Waals surface area contributed by atoms with Crippen LogP contribution in [0.5, 0.6) is 0 Å². The van der Waals surface area contributed by atoms with E-state index in [4.69, 9.17) is 0 Å². The quantitative estimate of drug-likeness (QED) is 0.851. The third-order valence-electron chi connectivity index (χ3n) is 2.44. The summed E-state index contributed by atoms with van der Waals surface area (Å²) >= 11 is 3.12. The van der Waals surface area contributed by atoms with Gasteiger partial charge in [0, 0.05) is 16.3 Å². The predicted molar refractivity (Wildman–Crippen MR) is 71.4 cm³/mol. The molecule has 0 saturated carbocycles. The first-order valence-corrected chi connectivity index (χ1v) is 7.22. The number of hydrogen-bond acceptors (Lipinski definition) is 4. The van der Waals surface area contributed by atoms with E-state index in [9.17, 15) is 4.79 Å². The molecule has 1 amide bonds. The second kappa shape index (κ2) is 5.42. The Balaban J connectivity index is 2.15. The summed E-state index contributed by atoms with van der Waals surface area (Å²) in [6.45, 7) is 4.71. The third kappa shape index (κ3) is 2.92. The van der Waals surface area contributed by atoms with Crippen molar-refractivity contribution in [1.82, 2.24) is 9.88 Å². The molecule has 0 spiro atoms. The van der Waals surface area contributed by atoms with Crippen LogP contribution in [0.3, 0.4) is 0 Å². The molecule has 0 saturated heterocycles. The molecule has 3 nitrogen and oxygen atoms in total. The lowest BCUT2D eigenvalue weighted by Crippen LogP contribution is -2.36. The second-order valence-corrected chi connectivity index (χ2v) is 5.73. The molecule has 0 fully saturated rings. The molecule has 17 heavy (non-hydrogen) atoms. The first-order chi connectivity index (χ1) is 8.18. The monoisotopic (exact) mass is 266 g/mol. The van der Waals surface area contributed by atoms with Gasteiger partial charge in [0.05, 0.1) is 12.1 Å². The van der Waals surface area contributed by atoms with Crippen LogP contribution in [0, 0.1) is 0 Å². The summed E-state index contributed by atoms with van der Waals surface area (Å²) in [6, 6.07) is 4.23. The molecule has 2 aromatic heterocycles. The summed E-state index contributed by atoms with van der Waals surface area (Å²) in [7, 11) is 0. The molecule has 0 radical (unpaired) electrons. The van der Waals surface area contributed by atoms with Gasteiger partial charge in [-0.15, -0.1) is 22.7 Å². The first-order valence-electron chi connectivity index (χ1n) is 5.40. The average molecular weight is 266 g/mol. The molecule has 2 rings (SSSR count). The number of thiophene rings is 1. The van der Waals surface area contributed by atoms with Crippen molar-refractivity contribution in [3.63, 3.8) is 0 Å². The van der Waals surface area contributed by atoms with Crippen LogP contribution in [0.4, 0.5) is 0 Å². The highest BCUT2D eigenvalue weighted by Gasteiger charge is 2.20. The van der Waals surface area contributed by atoms with Gasteiger partial charge < -0.3 is 4.90 Å². The normalized spacial score (nSPS) is 10.8. The molecule has 0 aliphatic rings. The Labute approximate surface area is 109 Å². The Morgan fingerprint density at radius 3 is 2.88 bits per heavy atom. The van der Waals surface area contributed by atoms with Gasteiger partial charge in [0.2, 0.25) is 0 Å². The molecular formula is C12H14N2OS2. The van der Waals surface area contributed by atoms with E-state index in [2.05, 4.69) is 4.98 Å². The Morgan fingerprint density at radius 2 is 2.35 bits per heavy atom. The molecule has 0 atom stereocenters. The highest BCUT2D eigenvalue weighted by Crippen LogP contribution is 2.16. The fourth-order valence-electron chi connectivity index (χ4n) is 1.52. The summed E-state index contributed by atoms with van der Waals surface area (Å²) < 4.78 is 0. The van der Waals surface area contributed by atoms with Gasteiger partial charge in [0.15, 0.2) is 0 Å². The van der Waals surface area contributed by atoms with E-state index in [1.54, 1.807) is 22.2 Å². The summed E-state index contributed by atoms with van der Waals surface area (Å²) in [4.78, 5) is 19.4. The van der Waals surface area contributed by atoms with Gasteiger partial charge in [-0.3, -0.25) is 4.79 Å². The van der Waals surface area contributed by atoms with Gasteiger partial charge >= 0.3 is 0 Å². The van der Waals surface area contributed by atoms with Crippen molar-refractivity contribution in [2.45, 2.75) is 26.4 Å². The lowest BCUT2D eigenvalue weighted by molar-refractivity contribution is 0.0687. The van der Waals surface area contributed by atoms with Gasteiger partial charge in [0.1, 0.15) is 5.69 Å². The topological polar surface area (TPSA) is 33.2 Å². The molecule has 0 aliphatic carbocycles. The van der Waals surface area contributed by atoms with E-state index in [0.29, 0.717) is 12.2 Å². The molecule has 5 heteroatoms. The minimum Gasteiger partial charge on any atom is -0.330 e. The summed E-state index contributed by atoms with van der Waals surface area (Å²) in [5.74, 6) is 0.00894. The van der Waals surface area contributed by atoms with E-state index >= 15 is 0 Å².